The molecule has 0 unspecified atom stereocenters. The fourth-order valence-electron chi connectivity index (χ4n) is 1.83. The normalized spacial score (nSPS) is 14.8. The zero-order valence-electron chi connectivity index (χ0n) is 10.2. The molecule has 1 N–H and O–H groups in total. The van der Waals surface area contributed by atoms with Gasteiger partial charge in [0.25, 0.3) is 0 Å². The van der Waals surface area contributed by atoms with Crippen LogP contribution in [0.5, 0.6) is 0 Å². The summed E-state index contributed by atoms with van der Waals surface area (Å²) in [6.45, 7) is 0.768. The summed E-state index contributed by atoms with van der Waals surface area (Å²) in [5.74, 6) is -0.638. The Labute approximate surface area is 108 Å². The Balaban J connectivity index is 1.68. The Morgan fingerprint density at radius 3 is 2.63 bits per heavy atom. The molecule has 0 bridgehead atoms. The van der Waals surface area contributed by atoms with Crippen LogP contribution in [0.4, 0.5) is 8.78 Å². The Kier molecular flexibility index (Phi) is 3.25. The van der Waals surface area contributed by atoms with Gasteiger partial charge in [0.2, 0.25) is 11.7 Å². The first kappa shape index (κ1) is 12.2. The van der Waals surface area contributed by atoms with Gasteiger partial charge in [-0.05, 0) is 25.0 Å². The lowest BCUT2D eigenvalue weighted by atomic mass is 10.2. The molecule has 0 spiro atoms. The molecule has 0 saturated heterocycles. The highest BCUT2D eigenvalue weighted by molar-refractivity contribution is 5.54. The third-order valence-electron chi connectivity index (χ3n) is 2.94. The molecule has 1 aliphatic rings. The maximum Gasteiger partial charge on any atom is 0.228 e. The van der Waals surface area contributed by atoms with Crippen LogP contribution in [0.3, 0.4) is 0 Å². The minimum absolute atomic E-state index is 0.208. The van der Waals surface area contributed by atoms with Crippen molar-refractivity contribution in [2.75, 3.05) is 6.54 Å². The van der Waals surface area contributed by atoms with Crippen molar-refractivity contribution < 1.29 is 13.3 Å². The molecule has 1 aromatic carbocycles. The number of halogens is 2. The average Bonchev–Trinajstić information content (AvgIpc) is 3.04. The Morgan fingerprint density at radius 1 is 1.21 bits per heavy atom. The molecule has 0 aliphatic heterocycles. The van der Waals surface area contributed by atoms with Crippen molar-refractivity contribution in [1.82, 2.24) is 15.5 Å². The highest BCUT2D eigenvalue weighted by atomic mass is 19.1. The second kappa shape index (κ2) is 5.05. The number of hydrogen-bond acceptors (Lipinski definition) is 4. The van der Waals surface area contributed by atoms with Crippen LogP contribution in [0.25, 0.3) is 11.4 Å². The van der Waals surface area contributed by atoms with Gasteiger partial charge in [0, 0.05) is 30.6 Å². The lowest BCUT2D eigenvalue weighted by Crippen LogP contribution is -2.19. The van der Waals surface area contributed by atoms with Gasteiger partial charge in [-0.3, -0.25) is 0 Å². The average molecular weight is 265 g/mol. The molecule has 100 valence electrons. The maximum atomic E-state index is 13.1. The van der Waals surface area contributed by atoms with Gasteiger partial charge >= 0.3 is 0 Å². The van der Waals surface area contributed by atoms with Crippen molar-refractivity contribution in [1.29, 1.82) is 0 Å². The minimum atomic E-state index is -0.656. The van der Waals surface area contributed by atoms with Crippen molar-refractivity contribution in [2.45, 2.75) is 25.3 Å². The third kappa shape index (κ3) is 3.14. The summed E-state index contributed by atoms with van der Waals surface area (Å²) in [6, 6.07) is 3.80. The maximum absolute atomic E-state index is 13.1. The fraction of sp³-hybridized carbons (Fsp3) is 0.385. The van der Waals surface area contributed by atoms with Gasteiger partial charge in [-0.1, -0.05) is 5.16 Å². The van der Waals surface area contributed by atoms with Crippen LogP contribution in [0, 0.1) is 11.6 Å². The Bertz CT molecular complexity index is 561. The van der Waals surface area contributed by atoms with E-state index in [9.17, 15) is 8.78 Å². The van der Waals surface area contributed by atoms with Crippen LogP contribution in [0.15, 0.2) is 22.7 Å². The third-order valence-corrected chi connectivity index (χ3v) is 2.94. The highest BCUT2D eigenvalue weighted by Crippen LogP contribution is 2.20. The van der Waals surface area contributed by atoms with Crippen LogP contribution in [-0.2, 0) is 6.42 Å². The van der Waals surface area contributed by atoms with Crippen molar-refractivity contribution >= 4 is 0 Å². The molecule has 2 aromatic rings. The van der Waals surface area contributed by atoms with E-state index in [1.54, 1.807) is 0 Å². The van der Waals surface area contributed by atoms with Crippen molar-refractivity contribution in [3.05, 3.63) is 35.7 Å². The summed E-state index contributed by atoms with van der Waals surface area (Å²) in [4.78, 5) is 4.13. The molecule has 19 heavy (non-hydrogen) atoms. The molecule has 3 rings (SSSR count). The molecular formula is C13H13F2N3O. The summed E-state index contributed by atoms with van der Waals surface area (Å²) in [5, 5.41) is 7.06. The summed E-state index contributed by atoms with van der Waals surface area (Å²) in [5.41, 5.74) is 0.280. The van der Waals surface area contributed by atoms with Gasteiger partial charge in [-0.15, -0.1) is 0 Å². The number of rotatable bonds is 5. The molecular weight excluding hydrogens is 252 g/mol. The first-order valence-electron chi connectivity index (χ1n) is 6.23. The van der Waals surface area contributed by atoms with E-state index in [1.165, 1.54) is 25.0 Å². The number of aromatic nitrogens is 2. The summed E-state index contributed by atoms with van der Waals surface area (Å²) in [6.07, 6.45) is 3.05. The number of nitrogens with one attached hydrogen (secondary N) is 1. The van der Waals surface area contributed by atoms with E-state index in [2.05, 4.69) is 15.5 Å². The van der Waals surface area contributed by atoms with Gasteiger partial charge in [-0.2, -0.15) is 4.98 Å². The van der Waals surface area contributed by atoms with Gasteiger partial charge in [-0.25, -0.2) is 8.78 Å². The monoisotopic (exact) mass is 265 g/mol. The first-order chi connectivity index (χ1) is 9.20. The van der Waals surface area contributed by atoms with E-state index >= 15 is 0 Å². The first-order valence-corrected chi connectivity index (χ1v) is 6.23. The molecule has 4 nitrogen and oxygen atoms in total. The molecule has 0 atom stereocenters. The Morgan fingerprint density at radius 2 is 1.95 bits per heavy atom. The number of benzene rings is 1. The summed E-state index contributed by atoms with van der Waals surface area (Å²) >= 11 is 0. The van der Waals surface area contributed by atoms with Gasteiger partial charge in [0.1, 0.15) is 11.6 Å². The summed E-state index contributed by atoms with van der Waals surface area (Å²) in [7, 11) is 0. The van der Waals surface area contributed by atoms with Gasteiger partial charge < -0.3 is 9.84 Å². The topological polar surface area (TPSA) is 51.0 Å². The van der Waals surface area contributed by atoms with E-state index in [-0.39, 0.29) is 11.4 Å². The van der Waals surface area contributed by atoms with Crippen LogP contribution < -0.4 is 5.32 Å². The predicted molar refractivity (Wildman–Crippen MR) is 64.4 cm³/mol. The zero-order chi connectivity index (χ0) is 13.2. The van der Waals surface area contributed by atoms with E-state index in [4.69, 9.17) is 4.52 Å². The van der Waals surface area contributed by atoms with Crippen LogP contribution in [0.1, 0.15) is 18.7 Å². The number of hydrogen-bond donors (Lipinski definition) is 1. The standard InChI is InChI=1S/C13H13F2N3O/c14-9-5-8(6-10(15)7-9)13-17-12(19-18-13)3-4-16-11-1-2-11/h5-7,11,16H,1-4H2. The molecule has 6 heteroatoms. The zero-order valence-corrected chi connectivity index (χ0v) is 10.2. The second-order valence-electron chi connectivity index (χ2n) is 4.65. The molecule has 0 amide bonds. The van der Waals surface area contributed by atoms with Crippen molar-refractivity contribution in [3.8, 4) is 11.4 Å². The smallest absolute Gasteiger partial charge is 0.228 e. The lowest BCUT2D eigenvalue weighted by Gasteiger charge is -1.97. The Hall–Kier alpha value is -1.82. The van der Waals surface area contributed by atoms with Gasteiger partial charge in [0.15, 0.2) is 0 Å². The van der Waals surface area contributed by atoms with Crippen molar-refractivity contribution in [3.63, 3.8) is 0 Å². The van der Waals surface area contributed by atoms with E-state index < -0.39 is 11.6 Å². The highest BCUT2D eigenvalue weighted by Gasteiger charge is 2.20. The lowest BCUT2D eigenvalue weighted by molar-refractivity contribution is 0.376. The van der Waals surface area contributed by atoms with E-state index in [0.717, 1.165) is 12.6 Å². The molecule has 1 aliphatic carbocycles. The SMILES string of the molecule is Fc1cc(F)cc(-c2noc(CCNC3CC3)n2)c1. The fourth-order valence-corrected chi connectivity index (χ4v) is 1.83. The van der Waals surface area contributed by atoms with Crippen LogP contribution in [0.2, 0.25) is 0 Å². The molecule has 1 fully saturated rings. The predicted octanol–water partition coefficient (Wildman–Crippen LogP) is 2.31. The molecule has 1 heterocycles. The van der Waals surface area contributed by atoms with Gasteiger partial charge in [0.05, 0.1) is 0 Å². The molecule has 0 radical (unpaired) electrons. The largest absolute Gasteiger partial charge is 0.339 e. The summed E-state index contributed by atoms with van der Waals surface area (Å²) < 4.78 is 31.2. The van der Waals surface area contributed by atoms with Crippen molar-refractivity contribution in [2.24, 2.45) is 0 Å². The minimum Gasteiger partial charge on any atom is -0.339 e. The van der Waals surface area contributed by atoms with Crippen LogP contribution >= 0.6 is 0 Å². The van der Waals surface area contributed by atoms with E-state index in [1.807, 2.05) is 0 Å². The second-order valence-corrected chi connectivity index (χ2v) is 4.65. The quantitative estimate of drug-likeness (QED) is 0.901. The van der Waals surface area contributed by atoms with Crippen LogP contribution in [-0.4, -0.2) is 22.7 Å². The van der Waals surface area contributed by atoms with E-state index in [0.29, 0.717) is 18.4 Å². The molecule has 1 aromatic heterocycles. The molecule has 1 saturated carbocycles. The number of nitrogens with zero attached hydrogens (tertiary/aromatic N) is 2.